The number of aromatic nitrogens is 6. The Morgan fingerprint density at radius 3 is 2.71 bits per heavy atom. The van der Waals surface area contributed by atoms with Gasteiger partial charge >= 0.3 is 5.69 Å². The predicted octanol–water partition coefficient (Wildman–Crippen LogP) is 1.35. The summed E-state index contributed by atoms with van der Waals surface area (Å²) in [6, 6.07) is 7.82. The van der Waals surface area contributed by atoms with Gasteiger partial charge < -0.3 is 24.9 Å². The minimum atomic E-state index is -1.03. The molecule has 0 unspecified atom stereocenters. The maximum atomic E-state index is 12.7. The van der Waals surface area contributed by atoms with Crippen LogP contribution in [0.3, 0.4) is 0 Å². The van der Waals surface area contributed by atoms with E-state index in [0.717, 1.165) is 23.9 Å². The van der Waals surface area contributed by atoms with Gasteiger partial charge in [-0.2, -0.15) is 0 Å². The lowest BCUT2D eigenvalue weighted by molar-refractivity contribution is 0.0688. The molecule has 0 radical (unpaired) electrons. The quantitative estimate of drug-likeness (QED) is 0.406. The van der Waals surface area contributed by atoms with Crippen molar-refractivity contribution in [1.29, 1.82) is 0 Å². The summed E-state index contributed by atoms with van der Waals surface area (Å²) >= 11 is 0. The van der Waals surface area contributed by atoms with Crippen LogP contribution < -0.4 is 15.9 Å². The smallest absolute Gasteiger partial charge is 0.326 e. The summed E-state index contributed by atoms with van der Waals surface area (Å²) in [5, 5.41) is 12.6. The highest BCUT2D eigenvalue weighted by Gasteiger charge is 2.27. The Hall–Kier alpha value is -3.73. The van der Waals surface area contributed by atoms with Gasteiger partial charge in [0.05, 0.1) is 16.6 Å². The maximum Gasteiger partial charge on any atom is 0.326 e. The van der Waals surface area contributed by atoms with Crippen molar-refractivity contribution in [3.8, 4) is 0 Å². The van der Waals surface area contributed by atoms with E-state index in [1.165, 1.54) is 6.33 Å². The Morgan fingerprint density at radius 2 is 1.97 bits per heavy atom. The second-order valence-corrected chi connectivity index (χ2v) is 9.39. The molecule has 34 heavy (non-hydrogen) atoms. The predicted molar refractivity (Wildman–Crippen MR) is 128 cm³/mol. The molecule has 3 aromatic heterocycles. The number of aliphatic hydroxyl groups is 1. The SMILES string of the molecule is Cn1c(C(=O)NCC(C)(C)O)nc2c(N3CCC(n4c(=O)[nH]c5ccccc54)CC3)ncnc21. The second-order valence-electron chi connectivity index (χ2n) is 9.39. The molecule has 0 saturated carbocycles. The average Bonchev–Trinajstić information content (AvgIpc) is 3.33. The number of para-hydroxylation sites is 2. The number of amides is 1. The molecule has 1 aromatic carbocycles. The number of aryl methyl sites for hydroxylation is 1. The van der Waals surface area contributed by atoms with E-state index in [1.54, 1.807) is 25.5 Å². The minimum absolute atomic E-state index is 0.0872. The van der Waals surface area contributed by atoms with E-state index in [4.69, 9.17) is 0 Å². The molecular weight excluding hydrogens is 436 g/mol. The number of carbonyl (C=O) groups excluding carboxylic acids is 1. The van der Waals surface area contributed by atoms with Gasteiger partial charge in [-0.3, -0.25) is 9.36 Å². The summed E-state index contributed by atoms with van der Waals surface area (Å²) in [7, 11) is 1.74. The number of H-pyrrole nitrogens is 1. The van der Waals surface area contributed by atoms with Crippen molar-refractivity contribution in [2.24, 2.45) is 7.05 Å². The first-order valence-electron chi connectivity index (χ1n) is 11.3. The lowest BCUT2D eigenvalue weighted by Gasteiger charge is -2.33. The normalized spacial score (nSPS) is 15.4. The van der Waals surface area contributed by atoms with Crippen LogP contribution in [0.25, 0.3) is 22.2 Å². The monoisotopic (exact) mass is 464 g/mol. The highest BCUT2D eigenvalue weighted by Crippen LogP contribution is 2.30. The summed E-state index contributed by atoms with van der Waals surface area (Å²) in [4.78, 5) is 43.7. The molecule has 178 valence electrons. The minimum Gasteiger partial charge on any atom is -0.389 e. The zero-order chi connectivity index (χ0) is 24.0. The molecule has 0 aliphatic carbocycles. The van der Waals surface area contributed by atoms with Crippen molar-refractivity contribution in [2.45, 2.75) is 38.3 Å². The van der Waals surface area contributed by atoms with E-state index in [2.05, 4.69) is 30.2 Å². The van der Waals surface area contributed by atoms with Gasteiger partial charge in [-0.15, -0.1) is 0 Å². The molecule has 4 aromatic rings. The van der Waals surface area contributed by atoms with Crippen molar-refractivity contribution in [3.05, 3.63) is 46.9 Å². The lowest BCUT2D eigenvalue weighted by atomic mass is 10.0. The molecule has 0 bridgehead atoms. The topological polar surface area (TPSA) is 134 Å². The van der Waals surface area contributed by atoms with Gasteiger partial charge in [0.25, 0.3) is 5.91 Å². The first-order valence-corrected chi connectivity index (χ1v) is 11.3. The molecule has 11 nitrogen and oxygen atoms in total. The molecule has 1 saturated heterocycles. The second kappa shape index (κ2) is 8.24. The molecule has 1 amide bonds. The Balaban J connectivity index is 1.39. The van der Waals surface area contributed by atoms with Crippen LogP contribution in [0.1, 0.15) is 43.3 Å². The molecular formula is C23H28N8O3. The zero-order valence-electron chi connectivity index (χ0n) is 19.4. The largest absolute Gasteiger partial charge is 0.389 e. The zero-order valence-corrected chi connectivity index (χ0v) is 19.4. The lowest BCUT2D eigenvalue weighted by Crippen LogP contribution is -2.39. The van der Waals surface area contributed by atoms with Crippen molar-refractivity contribution >= 4 is 33.9 Å². The number of benzene rings is 1. The fourth-order valence-corrected chi connectivity index (χ4v) is 4.57. The van der Waals surface area contributed by atoms with Gasteiger partial charge in [0.1, 0.15) is 6.33 Å². The number of piperidine rings is 1. The number of rotatable bonds is 5. The van der Waals surface area contributed by atoms with E-state index in [1.807, 2.05) is 28.8 Å². The molecule has 4 heterocycles. The summed E-state index contributed by atoms with van der Waals surface area (Å²) in [6.45, 7) is 4.74. The Labute approximate surface area is 195 Å². The van der Waals surface area contributed by atoms with Gasteiger partial charge in [-0.05, 0) is 38.8 Å². The fraction of sp³-hybridized carbons (Fsp3) is 0.435. The van der Waals surface area contributed by atoms with Crippen molar-refractivity contribution < 1.29 is 9.90 Å². The standard InChI is InChI=1S/C23H28N8O3/c1-23(2,34)12-24-21(32)20-28-17-18(29(20)3)25-13-26-19(17)30-10-8-14(9-11-30)31-16-7-5-4-6-15(16)27-22(31)33/h4-7,13-14,34H,8-12H2,1-3H3,(H,24,32)(H,27,33). The summed E-state index contributed by atoms with van der Waals surface area (Å²) in [5.41, 5.74) is 1.77. The van der Waals surface area contributed by atoms with Crippen molar-refractivity contribution in [3.63, 3.8) is 0 Å². The number of aromatic amines is 1. The number of carbonyl (C=O) groups is 1. The van der Waals surface area contributed by atoms with E-state index >= 15 is 0 Å². The first kappa shape index (κ1) is 22.1. The van der Waals surface area contributed by atoms with Gasteiger partial charge in [0, 0.05) is 32.7 Å². The van der Waals surface area contributed by atoms with Gasteiger partial charge in [-0.1, -0.05) is 12.1 Å². The fourth-order valence-electron chi connectivity index (χ4n) is 4.57. The van der Waals surface area contributed by atoms with E-state index in [0.29, 0.717) is 30.1 Å². The third kappa shape index (κ3) is 3.92. The summed E-state index contributed by atoms with van der Waals surface area (Å²) < 4.78 is 3.49. The van der Waals surface area contributed by atoms with Gasteiger partial charge in [-0.25, -0.2) is 19.7 Å². The molecule has 3 N–H and O–H groups in total. The van der Waals surface area contributed by atoms with Crippen LogP contribution in [-0.2, 0) is 7.05 Å². The molecule has 0 atom stereocenters. The molecule has 5 rings (SSSR count). The summed E-state index contributed by atoms with van der Waals surface area (Å²) in [5.74, 6) is 0.499. The molecule has 1 aliphatic rings. The van der Waals surface area contributed by atoms with E-state index < -0.39 is 5.60 Å². The van der Waals surface area contributed by atoms with Crippen LogP contribution in [0, 0.1) is 0 Å². The molecule has 1 aliphatic heterocycles. The van der Waals surface area contributed by atoms with E-state index in [9.17, 15) is 14.7 Å². The summed E-state index contributed by atoms with van der Waals surface area (Å²) in [6.07, 6.45) is 3.03. The van der Waals surface area contributed by atoms with Crippen molar-refractivity contribution in [1.82, 2.24) is 34.4 Å². The van der Waals surface area contributed by atoms with Gasteiger partial charge in [0.15, 0.2) is 17.0 Å². The van der Waals surface area contributed by atoms with Crippen LogP contribution in [0.2, 0.25) is 0 Å². The number of nitrogens with zero attached hydrogens (tertiary/aromatic N) is 6. The number of hydrogen-bond acceptors (Lipinski definition) is 7. The molecule has 1 fully saturated rings. The Bertz CT molecular complexity index is 1420. The number of hydrogen-bond donors (Lipinski definition) is 3. The Kier molecular flexibility index (Phi) is 5.35. The highest BCUT2D eigenvalue weighted by molar-refractivity contribution is 5.96. The Morgan fingerprint density at radius 1 is 1.24 bits per heavy atom. The number of nitrogens with one attached hydrogen (secondary N) is 2. The first-order chi connectivity index (χ1) is 16.2. The molecule has 11 heteroatoms. The number of anilines is 1. The van der Waals surface area contributed by atoms with Crippen LogP contribution in [0.15, 0.2) is 35.4 Å². The number of imidazole rings is 2. The van der Waals surface area contributed by atoms with Crippen LogP contribution in [-0.4, -0.2) is 65.3 Å². The van der Waals surface area contributed by atoms with Crippen LogP contribution in [0.5, 0.6) is 0 Å². The van der Waals surface area contributed by atoms with Crippen LogP contribution >= 0.6 is 0 Å². The average molecular weight is 465 g/mol. The highest BCUT2D eigenvalue weighted by atomic mass is 16.3. The number of fused-ring (bicyclic) bond motifs is 2. The third-order valence-corrected chi connectivity index (χ3v) is 6.27. The maximum absolute atomic E-state index is 12.7. The van der Waals surface area contributed by atoms with Crippen molar-refractivity contribution in [2.75, 3.05) is 24.5 Å². The van der Waals surface area contributed by atoms with E-state index in [-0.39, 0.29) is 30.0 Å². The third-order valence-electron chi connectivity index (χ3n) is 6.27. The van der Waals surface area contributed by atoms with Crippen LogP contribution in [0.4, 0.5) is 5.82 Å². The molecule has 0 spiro atoms. The van der Waals surface area contributed by atoms with Gasteiger partial charge in [0.2, 0.25) is 5.82 Å².